The summed E-state index contributed by atoms with van der Waals surface area (Å²) >= 11 is 0. The third kappa shape index (κ3) is 2.72. The van der Waals surface area contributed by atoms with Gasteiger partial charge in [0.2, 0.25) is 5.03 Å². The summed E-state index contributed by atoms with van der Waals surface area (Å²) < 4.78 is 25.9. The van der Waals surface area contributed by atoms with Gasteiger partial charge in [0.15, 0.2) is 0 Å². The Kier molecular flexibility index (Phi) is 3.78. The molecule has 1 atom stereocenters. The third-order valence-electron chi connectivity index (χ3n) is 2.95. The summed E-state index contributed by atoms with van der Waals surface area (Å²) in [4.78, 5) is 13.8. The molecule has 0 aromatic carbocycles. The Morgan fingerprint density at radius 3 is 2.89 bits per heavy atom. The van der Waals surface area contributed by atoms with Crippen molar-refractivity contribution in [3.05, 3.63) is 28.4 Å². The lowest BCUT2D eigenvalue weighted by atomic mass is 10.1. The van der Waals surface area contributed by atoms with Gasteiger partial charge in [0.05, 0.1) is 4.92 Å². The molecule has 0 unspecified atom stereocenters. The Morgan fingerprint density at radius 2 is 2.26 bits per heavy atom. The second-order valence-corrected chi connectivity index (χ2v) is 6.20. The van der Waals surface area contributed by atoms with Crippen LogP contribution in [0.1, 0.15) is 12.8 Å². The van der Waals surface area contributed by atoms with Gasteiger partial charge in [0.25, 0.3) is 10.0 Å². The lowest BCUT2D eigenvalue weighted by molar-refractivity contribution is -0.388. The van der Waals surface area contributed by atoms with Gasteiger partial charge in [0, 0.05) is 31.4 Å². The average Bonchev–Trinajstić information content (AvgIpc) is 2.38. The van der Waals surface area contributed by atoms with Crippen LogP contribution in [0.5, 0.6) is 0 Å². The van der Waals surface area contributed by atoms with Crippen LogP contribution >= 0.6 is 0 Å². The molecular weight excluding hydrogens is 272 g/mol. The van der Waals surface area contributed by atoms with Crippen LogP contribution in [0.25, 0.3) is 0 Å². The summed E-state index contributed by atoms with van der Waals surface area (Å²) in [6.07, 6.45) is 2.61. The van der Waals surface area contributed by atoms with Crippen LogP contribution < -0.4 is 5.73 Å². The van der Waals surface area contributed by atoms with E-state index in [-0.39, 0.29) is 12.6 Å². The van der Waals surface area contributed by atoms with E-state index in [0.29, 0.717) is 13.0 Å². The molecule has 1 fully saturated rings. The molecule has 0 amide bonds. The molecule has 2 heterocycles. The van der Waals surface area contributed by atoms with E-state index in [4.69, 9.17) is 5.73 Å². The summed E-state index contributed by atoms with van der Waals surface area (Å²) in [7, 11) is -3.97. The quantitative estimate of drug-likeness (QED) is 0.621. The molecule has 1 aromatic rings. The molecule has 9 heteroatoms. The Labute approximate surface area is 110 Å². The van der Waals surface area contributed by atoms with E-state index < -0.39 is 25.7 Å². The monoisotopic (exact) mass is 286 g/mol. The number of aromatic nitrogens is 1. The summed E-state index contributed by atoms with van der Waals surface area (Å²) in [5.41, 5.74) is 5.22. The first kappa shape index (κ1) is 13.8. The first-order valence-electron chi connectivity index (χ1n) is 5.78. The first-order chi connectivity index (χ1) is 8.93. The van der Waals surface area contributed by atoms with Crippen LogP contribution in [0.3, 0.4) is 0 Å². The molecule has 2 rings (SSSR count). The van der Waals surface area contributed by atoms with Crippen LogP contribution in [0.15, 0.2) is 23.4 Å². The Hall–Kier alpha value is -1.58. The average molecular weight is 286 g/mol. The molecule has 1 aliphatic rings. The predicted molar refractivity (Wildman–Crippen MR) is 66.9 cm³/mol. The van der Waals surface area contributed by atoms with Crippen LogP contribution in [-0.2, 0) is 10.0 Å². The number of rotatable bonds is 3. The van der Waals surface area contributed by atoms with E-state index >= 15 is 0 Å². The van der Waals surface area contributed by atoms with E-state index in [9.17, 15) is 18.5 Å². The molecule has 104 valence electrons. The zero-order valence-corrected chi connectivity index (χ0v) is 10.9. The van der Waals surface area contributed by atoms with Crippen LogP contribution in [0, 0.1) is 10.1 Å². The minimum absolute atomic E-state index is 0.163. The molecule has 19 heavy (non-hydrogen) atoms. The van der Waals surface area contributed by atoms with Crippen LogP contribution in [0.2, 0.25) is 0 Å². The van der Waals surface area contributed by atoms with E-state index in [1.165, 1.54) is 12.3 Å². The first-order valence-corrected chi connectivity index (χ1v) is 7.22. The van der Waals surface area contributed by atoms with Crippen molar-refractivity contribution in [2.45, 2.75) is 23.9 Å². The molecular formula is C10H14N4O4S. The van der Waals surface area contributed by atoms with E-state index in [2.05, 4.69) is 4.98 Å². The summed E-state index contributed by atoms with van der Waals surface area (Å²) in [6.45, 7) is 0.472. The second kappa shape index (κ2) is 5.19. The van der Waals surface area contributed by atoms with Crippen molar-refractivity contribution < 1.29 is 13.3 Å². The van der Waals surface area contributed by atoms with Gasteiger partial charge in [-0.15, -0.1) is 0 Å². The lowest BCUT2D eigenvalue weighted by Gasteiger charge is -2.29. The number of piperidine rings is 1. The van der Waals surface area contributed by atoms with Gasteiger partial charge in [-0.05, 0) is 18.9 Å². The highest BCUT2D eigenvalue weighted by molar-refractivity contribution is 7.89. The lowest BCUT2D eigenvalue weighted by Crippen LogP contribution is -2.45. The SMILES string of the molecule is N[C@H]1CCCN(S(=O)(=O)c2ncccc2[N+](=O)[O-])C1. The number of pyridine rings is 1. The van der Waals surface area contributed by atoms with Crippen molar-refractivity contribution >= 4 is 15.7 Å². The van der Waals surface area contributed by atoms with Crippen molar-refractivity contribution in [3.63, 3.8) is 0 Å². The topological polar surface area (TPSA) is 119 Å². The third-order valence-corrected chi connectivity index (χ3v) is 4.77. The van der Waals surface area contributed by atoms with Crippen LogP contribution in [-0.4, -0.2) is 41.8 Å². The Balaban J connectivity index is 2.42. The highest BCUT2D eigenvalue weighted by atomic mass is 32.2. The van der Waals surface area contributed by atoms with Crippen molar-refractivity contribution in [2.75, 3.05) is 13.1 Å². The molecule has 2 N–H and O–H groups in total. The molecule has 8 nitrogen and oxygen atoms in total. The molecule has 1 aliphatic heterocycles. The van der Waals surface area contributed by atoms with Gasteiger partial charge >= 0.3 is 5.69 Å². The summed E-state index contributed by atoms with van der Waals surface area (Å²) in [6, 6.07) is 2.22. The van der Waals surface area contributed by atoms with Crippen molar-refractivity contribution in [3.8, 4) is 0 Å². The normalized spacial score (nSPS) is 21.2. The van der Waals surface area contributed by atoms with Crippen molar-refractivity contribution in [2.24, 2.45) is 5.73 Å². The number of hydrogen-bond acceptors (Lipinski definition) is 6. The van der Waals surface area contributed by atoms with Gasteiger partial charge in [-0.25, -0.2) is 13.4 Å². The number of sulfonamides is 1. The van der Waals surface area contributed by atoms with Crippen LogP contribution in [0.4, 0.5) is 5.69 Å². The van der Waals surface area contributed by atoms with Gasteiger partial charge in [-0.1, -0.05) is 0 Å². The fourth-order valence-electron chi connectivity index (χ4n) is 2.03. The number of hydrogen-bond donors (Lipinski definition) is 1. The smallest absolute Gasteiger partial charge is 0.308 e. The van der Waals surface area contributed by atoms with Gasteiger partial charge in [-0.2, -0.15) is 4.31 Å². The highest BCUT2D eigenvalue weighted by Crippen LogP contribution is 2.25. The maximum atomic E-state index is 12.4. The Bertz CT molecular complexity index is 589. The standard InChI is InChI=1S/C10H14N4O4S/c11-8-3-2-6-13(7-8)19(17,18)10-9(14(15)16)4-1-5-12-10/h1,4-5,8H,2-3,6-7,11H2/t8-/m0/s1. The van der Waals surface area contributed by atoms with Gasteiger partial charge in [0.1, 0.15) is 0 Å². The molecule has 1 saturated heterocycles. The van der Waals surface area contributed by atoms with Crippen molar-refractivity contribution in [1.82, 2.24) is 9.29 Å². The molecule has 0 aliphatic carbocycles. The Morgan fingerprint density at radius 1 is 1.53 bits per heavy atom. The van der Waals surface area contributed by atoms with Gasteiger partial charge in [-0.3, -0.25) is 10.1 Å². The van der Waals surface area contributed by atoms with Gasteiger partial charge < -0.3 is 5.73 Å². The maximum Gasteiger partial charge on any atom is 0.308 e. The van der Waals surface area contributed by atoms with E-state index in [1.807, 2.05) is 0 Å². The summed E-state index contributed by atoms with van der Waals surface area (Å²) in [5, 5.41) is 10.4. The molecule has 0 radical (unpaired) electrons. The zero-order chi connectivity index (χ0) is 14.0. The zero-order valence-electron chi connectivity index (χ0n) is 10.1. The maximum absolute atomic E-state index is 12.4. The molecule has 0 spiro atoms. The molecule has 0 saturated carbocycles. The largest absolute Gasteiger partial charge is 0.327 e. The predicted octanol–water partition coefficient (Wildman–Crippen LogP) is 0.102. The fraction of sp³-hybridized carbons (Fsp3) is 0.500. The second-order valence-electron chi connectivity index (χ2n) is 4.35. The van der Waals surface area contributed by atoms with E-state index in [0.717, 1.165) is 16.8 Å². The number of nitrogens with zero attached hydrogens (tertiary/aromatic N) is 3. The minimum atomic E-state index is -3.97. The molecule has 1 aromatic heterocycles. The summed E-state index contributed by atoms with van der Waals surface area (Å²) in [5.74, 6) is 0. The minimum Gasteiger partial charge on any atom is -0.327 e. The number of nitrogens with two attached hydrogens (primary N) is 1. The highest BCUT2D eigenvalue weighted by Gasteiger charge is 2.35. The van der Waals surface area contributed by atoms with Crippen molar-refractivity contribution in [1.29, 1.82) is 0 Å². The number of nitro groups is 1. The van der Waals surface area contributed by atoms with E-state index in [1.54, 1.807) is 0 Å². The fourth-order valence-corrected chi connectivity index (χ4v) is 3.64. The molecule has 0 bridgehead atoms.